The molecule has 0 fully saturated rings. The molecule has 0 saturated carbocycles. The summed E-state index contributed by atoms with van der Waals surface area (Å²) in [6.07, 6.45) is 5.10. The smallest absolute Gasteiger partial charge is 0.306 e. The predicted molar refractivity (Wildman–Crippen MR) is 83.9 cm³/mol. The van der Waals surface area contributed by atoms with Crippen molar-refractivity contribution in [1.29, 1.82) is 0 Å². The molecule has 0 rings (SSSR count). The zero-order valence-electron chi connectivity index (χ0n) is 7.97. The van der Waals surface area contributed by atoms with Gasteiger partial charge in [0.2, 0.25) is 0 Å². The van der Waals surface area contributed by atoms with Crippen LogP contribution in [0.5, 0.6) is 0 Å². The molecular weight excluding hydrogens is 461 g/mol. The van der Waals surface area contributed by atoms with Crippen LogP contribution in [0.1, 0.15) is 6.42 Å². The molecule has 0 spiro atoms. The molecule has 0 aromatic heterocycles. The Kier molecular flexibility index (Phi) is 11.1. The maximum absolute atomic E-state index is 10.4. The van der Waals surface area contributed by atoms with Gasteiger partial charge in [-0.25, -0.2) is 0 Å². The fraction of sp³-hybridized carbons (Fsp3) is 0.375. The summed E-state index contributed by atoms with van der Waals surface area (Å²) < 4.78 is 4.94. The number of rotatable bonds is 7. The van der Waals surface area contributed by atoms with Crippen molar-refractivity contribution in [1.82, 2.24) is 0 Å². The molecule has 0 aliphatic heterocycles. The number of hydrogen-bond acceptors (Lipinski definition) is 3. The fourth-order valence-electron chi connectivity index (χ4n) is 0.717. The lowest BCUT2D eigenvalue weighted by Gasteiger charge is -2.05. The summed E-state index contributed by atoms with van der Waals surface area (Å²) in [5.74, 6) is -0.854. The molecule has 1 N–H and O–H groups in total. The second-order valence-corrected chi connectivity index (χ2v) is 20.3. The monoisotopic (exact) mass is 472 g/mol. The summed E-state index contributed by atoms with van der Waals surface area (Å²) in [6, 6.07) is 0. The second-order valence-electron chi connectivity index (χ2n) is 2.39. The number of methoxy groups -OCH3 is 1. The highest BCUT2D eigenvalue weighted by Crippen LogP contribution is 2.65. The van der Waals surface area contributed by atoms with E-state index in [0.717, 1.165) is 0 Å². The van der Waals surface area contributed by atoms with Gasteiger partial charge in [0.15, 0.2) is 0 Å². The third kappa shape index (κ3) is 11.4. The summed E-state index contributed by atoms with van der Waals surface area (Å²) >= 11 is 6.49. The Labute approximate surface area is 121 Å². The van der Waals surface area contributed by atoms with Crippen molar-refractivity contribution in [3.63, 3.8) is 0 Å². The largest absolute Gasteiger partial charge is 0.481 e. The average molecular weight is 472 g/mol. The summed E-state index contributed by atoms with van der Waals surface area (Å²) in [6.45, 7) is 0. The first-order valence-electron chi connectivity index (χ1n) is 3.92. The van der Waals surface area contributed by atoms with Crippen molar-refractivity contribution >= 4 is 63.8 Å². The molecule has 1 atom stereocenters. The Balaban J connectivity index is 3.90. The standard InChI is InChI=1S/C8H11I2O3PS/c1-13-7(6-8(11)12)4-2-3-5-15-14(9)10/h2-5,7H,6H2,1H3,(H,11,12)/b4-2+,5-3-/t7-/m0/s1. The van der Waals surface area contributed by atoms with Crippen molar-refractivity contribution < 1.29 is 14.6 Å². The van der Waals surface area contributed by atoms with Crippen molar-refractivity contribution in [2.24, 2.45) is 0 Å². The molecule has 3 nitrogen and oxygen atoms in total. The quantitative estimate of drug-likeness (QED) is 0.340. The highest BCUT2D eigenvalue weighted by atomic mass is 127. The van der Waals surface area contributed by atoms with Gasteiger partial charge < -0.3 is 9.84 Å². The number of halogens is 2. The molecule has 0 amide bonds. The molecule has 0 aliphatic carbocycles. The van der Waals surface area contributed by atoms with Gasteiger partial charge in [-0.2, -0.15) is 0 Å². The van der Waals surface area contributed by atoms with E-state index in [2.05, 4.69) is 44.1 Å². The van der Waals surface area contributed by atoms with Gasteiger partial charge in [0, 0.05) is 7.11 Å². The van der Waals surface area contributed by atoms with Crippen LogP contribution in [0.3, 0.4) is 0 Å². The Hall–Kier alpha value is 1.15. The first-order chi connectivity index (χ1) is 7.06. The van der Waals surface area contributed by atoms with Gasteiger partial charge >= 0.3 is 5.97 Å². The highest BCUT2D eigenvalue weighted by molar-refractivity contribution is 14.3. The summed E-state index contributed by atoms with van der Waals surface area (Å²) in [5, 5.41) is 10.5. The van der Waals surface area contributed by atoms with Gasteiger partial charge in [0.05, 0.1) is 14.9 Å². The first-order valence-corrected chi connectivity index (χ1v) is 12.3. The SMILES string of the molecule is CO[C@@H](/C=C/C=C\SP(I)I)CC(=O)O. The van der Waals surface area contributed by atoms with Crippen LogP contribution in [-0.2, 0) is 9.53 Å². The van der Waals surface area contributed by atoms with E-state index in [9.17, 15) is 4.79 Å². The predicted octanol–water partition coefficient (Wildman–Crippen LogP) is 4.38. The number of carboxylic acid groups (broad SMARTS) is 1. The van der Waals surface area contributed by atoms with Crippen LogP contribution in [0.15, 0.2) is 23.6 Å². The summed E-state index contributed by atoms with van der Waals surface area (Å²) in [4.78, 5) is 10.4. The maximum Gasteiger partial charge on any atom is 0.306 e. The van der Waals surface area contributed by atoms with Crippen LogP contribution in [0.4, 0.5) is 0 Å². The number of hydrogen-bond donors (Lipinski definition) is 1. The van der Waals surface area contributed by atoms with E-state index < -0.39 is 5.97 Å². The van der Waals surface area contributed by atoms with Gasteiger partial charge in [-0.1, -0.05) is 29.6 Å². The lowest BCUT2D eigenvalue weighted by Crippen LogP contribution is -2.12. The molecule has 0 unspecified atom stereocenters. The molecule has 0 aromatic carbocycles. The van der Waals surface area contributed by atoms with Crippen LogP contribution >= 0.6 is 57.9 Å². The zero-order valence-corrected chi connectivity index (χ0v) is 14.0. The normalized spacial score (nSPS) is 14.1. The molecule has 0 heterocycles. The second kappa shape index (κ2) is 10.3. The fourth-order valence-corrected chi connectivity index (χ4v) is 3.82. The molecule has 0 radical (unpaired) electrons. The van der Waals surface area contributed by atoms with Crippen molar-refractivity contribution in [2.45, 2.75) is 12.5 Å². The Morgan fingerprint density at radius 1 is 1.60 bits per heavy atom. The minimum atomic E-state index is -0.854. The van der Waals surface area contributed by atoms with E-state index in [0.29, 0.717) is 0 Å². The molecule has 7 heteroatoms. The first kappa shape index (κ1) is 16.1. The highest BCUT2D eigenvalue weighted by Gasteiger charge is 2.07. The molecule has 15 heavy (non-hydrogen) atoms. The zero-order chi connectivity index (χ0) is 11.7. The van der Waals surface area contributed by atoms with Crippen LogP contribution in [-0.4, -0.2) is 24.3 Å². The molecule has 0 bridgehead atoms. The van der Waals surface area contributed by atoms with E-state index in [1.807, 2.05) is 17.6 Å². The third-order valence-electron chi connectivity index (χ3n) is 1.33. The van der Waals surface area contributed by atoms with Crippen LogP contribution in [0.2, 0.25) is 0 Å². The van der Waals surface area contributed by atoms with Crippen LogP contribution in [0.25, 0.3) is 0 Å². The number of allylic oxidation sites excluding steroid dienone is 2. The van der Waals surface area contributed by atoms with E-state index in [1.165, 1.54) is 7.11 Å². The van der Waals surface area contributed by atoms with E-state index in [1.54, 1.807) is 17.5 Å². The Morgan fingerprint density at radius 3 is 2.73 bits per heavy atom. The minimum Gasteiger partial charge on any atom is -0.481 e. The van der Waals surface area contributed by atoms with Gasteiger partial charge in [0.1, 0.15) is 0 Å². The van der Waals surface area contributed by atoms with Crippen LogP contribution < -0.4 is 0 Å². The number of carbonyl (C=O) groups is 1. The third-order valence-corrected chi connectivity index (χ3v) is 6.71. The van der Waals surface area contributed by atoms with Crippen molar-refractivity contribution in [3.8, 4) is 0 Å². The summed E-state index contributed by atoms with van der Waals surface area (Å²) in [5.41, 5.74) is 0. The molecule has 0 saturated heterocycles. The Bertz CT molecular complexity index is 246. The number of aliphatic carboxylic acids is 1. The molecular formula is C8H11I2O3PS. The van der Waals surface area contributed by atoms with Gasteiger partial charge in [0.25, 0.3) is 0 Å². The van der Waals surface area contributed by atoms with Crippen molar-refractivity contribution in [2.75, 3.05) is 7.11 Å². The lowest BCUT2D eigenvalue weighted by atomic mass is 10.2. The van der Waals surface area contributed by atoms with Crippen molar-refractivity contribution in [3.05, 3.63) is 23.6 Å². The number of ether oxygens (including phenoxy) is 1. The summed E-state index contributed by atoms with van der Waals surface area (Å²) in [7, 11) is 1.51. The minimum absolute atomic E-state index is 0.000734. The molecule has 0 aliphatic rings. The van der Waals surface area contributed by atoms with E-state index in [-0.39, 0.29) is 14.9 Å². The number of carboxylic acids is 1. The average Bonchev–Trinajstić information content (AvgIpc) is 2.14. The lowest BCUT2D eigenvalue weighted by molar-refractivity contribution is -0.138. The van der Waals surface area contributed by atoms with E-state index in [4.69, 9.17) is 9.84 Å². The maximum atomic E-state index is 10.4. The van der Waals surface area contributed by atoms with Crippen LogP contribution in [0, 0.1) is 0 Å². The van der Waals surface area contributed by atoms with Gasteiger partial charge in [-0.15, -0.1) is 0 Å². The van der Waals surface area contributed by atoms with Gasteiger partial charge in [-0.3, -0.25) is 4.79 Å². The van der Waals surface area contributed by atoms with E-state index >= 15 is 0 Å². The van der Waals surface area contributed by atoms with Gasteiger partial charge in [-0.05, 0) is 49.5 Å². The molecule has 86 valence electrons. The Morgan fingerprint density at radius 2 is 2.27 bits per heavy atom. The topological polar surface area (TPSA) is 46.5 Å². The molecule has 0 aromatic rings.